The molecule has 0 saturated heterocycles. The minimum absolute atomic E-state index is 0.0905. The number of nitrogens with zero attached hydrogens (tertiary/aromatic N) is 2. The summed E-state index contributed by atoms with van der Waals surface area (Å²) in [5.41, 5.74) is 3.04. The predicted molar refractivity (Wildman–Crippen MR) is 88.0 cm³/mol. The van der Waals surface area contributed by atoms with E-state index in [-0.39, 0.29) is 6.04 Å². The lowest BCUT2D eigenvalue weighted by atomic mass is 10.1. The SMILES string of the molecule is Cc1cccc(-c2nnc(C(C)Nc3ccc(Cl)cc3)o2)c1. The van der Waals surface area contributed by atoms with Gasteiger partial charge >= 0.3 is 0 Å². The van der Waals surface area contributed by atoms with E-state index in [1.807, 2.05) is 62.4 Å². The molecule has 1 N–H and O–H groups in total. The molecule has 0 spiro atoms. The lowest BCUT2D eigenvalue weighted by Crippen LogP contribution is -2.06. The largest absolute Gasteiger partial charge is 0.418 e. The van der Waals surface area contributed by atoms with Crippen LogP contribution in [0.1, 0.15) is 24.4 Å². The molecule has 0 aliphatic carbocycles. The molecule has 0 bridgehead atoms. The Labute approximate surface area is 134 Å². The normalized spacial score (nSPS) is 12.1. The van der Waals surface area contributed by atoms with Crippen molar-refractivity contribution in [3.63, 3.8) is 0 Å². The maximum absolute atomic E-state index is 5.88. The van der Waals surface area contributed by atoms with E-state index in [1.165, 1.54) is 0 Å². The second-order valence-corrected chi connectivity index (χ2v) is 5.62. The molecule has 5 heteroatoms. The van der Waals surface area contributed by atoms with E-state index in [0.29, 0.717) is 16.8 Å². The average Bonchev–Trinajstić information content (AvgIpc) is 3.00. The van der Waals surface area contributed by atoms with Gasteiger partial charge < -0.3 is 9.73 Å². The zero-order valence-electron chi connectivity index (χ0n) is 12.4. The first-order valence-corrected chi connectivity index (χ1v) is 7.42. The van der Waals surface area contributed by atoms with Crippen LogP contribution in [0, 0.1) is 6.92 Å². The average molecular weight is 314 g/mol. The third-order valence-corrected chi connectivity index (χ3v) is 3.56. The second-order valence-electron chi connectivity index (χ2n) is 5.19. The number of hydrogen-bond donors (Lipinski definition) is 1. The Bertz CT molecular complexity index is 768. The van der Waals surface area contributed by atoms with Gasteiger partial charge in [0.05, 0.1) is 0 Å². The number of anilines is 1. The Morgan fingerprint density at radius 1 is 1.09 bits per heavy atom. The van der Waals surface area contributed by atoms with Crippen molar-refractivity contribution in [3.8, 4) is 11.5 Å². The van der Waals surface area contributed by atoms with Crippen molar-refractivity contribution in [3.05, 3.63) is 65.0 Å². The van der Waals surface area contributed by atoms with Gasteiger partial charge in [0, 0.05) is 16.3 Å². The van der Waals surface area contributed by atoms with Crippen LogP contribution in [0.4, 0.5) is 5.69 Å². The van der Waals surface area contributed by atoms with E-state index in [0.717, 1.165) is 16.8 Å². The first-order valence-electron chi connectivity index (χ1n) is 7.04. The maximum atomic E-state index is 5.88. The first kappa shape index (κ1) is 14.6. The summed E-state index contributed by atoms with van der Waals surface area (Å²) in [6.45, 7) is 4.01. The van der Waals surface area contributed by atoms with E-state index in [9.17, 15) is 0 Å². The van der Waals surface area contributed by atoms with E-state index < -0.39 is 0 Å². The van der Waals surface area contributed by atoms with Gasteiger partial charge in [0.2, 0.25) is 11.8 Å². The fourth-order valence-electron chi connectivity index (χ4n) is 2.16. The van der Waals surface area contributed by atoms with Crippen LogP contribution in [0.3, 0.4) is 0 Å². The van der Waals surface area contributed by atoms with Crippen molar-refractivity contribution >= 4 is 17.3 Å². The Morgan fingerprint density at radius 3 is 2.59 bits per heavy atom. The van der Waals surface area contributed by atoms with Gasteiger partial charge in [-0.25, -0.2) is 0 Å². The Hall–Kier alpha value is -2.33. The molecule has 3 rings (SSSR count). The molecule has 2 aromatic carbocycles. The minimum Gasteiger partial charge on any atom is -0.418 e. The Kier molecular flexibility index (Phi) is 4.11. The van der Waals surface area contributed by atoms with Crippen LogP contribution in [0.2, 0.25) is 5.02 Å². The van der Waals surface area contributed by atoms with Crippen LogP contribution in [0.15, 0.2) is 52.9 Å². The highest BCUT2D eigenvalue weighted by molar-refractivity contribution is 6.30. The molecule has 1 atom stereocenters. The van der Waals surface area contributed by atoms with Crippen LogP contribution in [-0.2, 0) is 0 Å². The predicted octanol–water partition coefficient (Wildman–Crippen LogP) is 4.87. The highest BCUT2D eigenvalue weighted by atomic mass is 35.5. The lowest BCUT2D eigenvalue weighted by Gasteiger charge is -2.11. The molecule has 0 radical (unpaired) electrons. The van der Waals surface area contributed by atoms with Crippen LogP contribution in [0.5, 0.6) is 0 Å². The van der Waals surface area contributed by atoms with Gasteiger partial charge in [0.15, 0.2) is 0 Å². The molecule has 112 valence electrons. The van der Waals surface area contributed by atoms with Crippen molar-refractivity contribution in [1.82, 2.24) is 10.2 Å². The van der Waals surface area contributed by atoms with Gasteiger partial charge in [-0.3, -0.25) is 0 Å². The third-order valence-electron chi connectivity index (χ3n) is 3.30. The number of nitrogens with one attached hydrogen (secondary N) is 1. The molecular weight excluding hydrogens is 298 g/mol. The number of hydrogen-bond acceptors (Lipinski definition) is 4. The van der Waals surface area contributed by atoms with Crippen molar-refractivity contribution in [1.29, 1.82) is 0 Å². The van der Waals surface area contributed by atoms with Crippen LogP contribution in [0.25, 0.3) is 11.5 Å². The molecule has 0 aliphatic heterocycles. The maximum Gasteiger partial charge on any atom is 0.247 e. The van der Waals surface area contributed by atoms with Crippen molar-refractivity contribution in [2.24, 2.45) is 0 Å². The molecule has 1 heterocycles. The minimum atomic E-state index is -0.0905. The molecule has 1 aromatic heterocycles. The summed E-state index contributed by atoms with van der Waals surface area (Å²) in [5.74, 6) is 1.08. The van der Waals surface area contributed by atoms with Crippen molar-refractivity contribution < 1.29 is 4.42 Å². The molecule has 1 unspecified atom stereocenters. The number of aromatic nitrogens is 2. The Balaban J connectivity index is 1.76. The molecule has 0 aliphatic rings. The highest BCUT2D eigenvalue weighted by Gasteiger charge is 2.15. The van der Waals surface area contributed by atoms with E-state index in [4.69, 9.17) is 16.0 Å². The molecule has 4 nitrogen and oxygen atoms in total. The number of rotatable bonds is 4. The van der Waals surface area contributed by atoms with Gasteiger partial charge in [0.1, 0.15) is 6.04 Å². The highest BCUT2D eigenvalue weighted by Crippen LogP contribution is 2.24. The monoisotopic (exact) mass is 313 g/mol. The third kappa shape index (κ3) is 3.28. The van der Waals surface area contributed by atoms with Crippen LogP contribution < -0.4 is 5.32 Å². The molecule has 0 fully saturated rings. The zero-order chi connectivity index (χ0) is 15.5. The summed E-state index contributed by atoms with van der Waals surface area (Å²) >= 11 is 5.88. The molecule has 0 saturated carbocycles. The van der Waals surface area contributed by atoms with Crippen molar-refractivity contribution in [2.45, 2.75) is 19.9 Å². The fourth-order valence-corrected chi connectivity index (χ4v) is 2.29. The molecule has 22 heavy (non-hydrogen) atoms. The summed E-state index contributed by atoms with van der Waals surface area (Å²) in [4.78, 5) is 0. The number of benzene rings is 2. The first-order chi connectivity index (χ1) is 10.6. The van der Waals surface area contributed by atoms with Gasteiger partial charge in [-0.15, -0.1) is 10.2 Å². The summed E-state index contributed by atoms with van der Waals surface area (Å²) in [7, 11) is 0. The van der Waals surface area contributed by atoms with E-state index in [1.54, 1.807) is 0 Å². The summed E-state index contributed by atoms with van der Waals surface area (Å²) in [6, 6.07) is 15.4. The van der Waals surface area contributed by atoms with Crippen LogP contribution >= 0.6 is 11.6 Å². The van der Waals surface area contributed by atoms with E-state index >= 15 is 0 Å². The standard InChI is InChI=1S/C17H16ClN3O/c1-11-4-3-5-13(10-11)17-21-20-16(22-17)12(2)19-15-8-6-14(18)7-9-15/h3-10,12,19H,1-2H3. The van der Waals surface area contributed by atoms with E-state index in [2.05, 4.69) is 15.5 Å². The summed E-state index contributed by atoms with van der Waals surface area (Å²) < 4.78 is 5.77. The van der Waals surface area contributed by atoms with Crippen molar-refractivity contribution in [2.75, 3.05) is 5.32 Å². The summed E-state index contributed by atoms with van der Waals surface area (Å²) in [6.07, 6.45) is 0. The fraction of sp³-hybridized carbons (Fsp3) is 0.176. The van der Waals surface area contributed by atoms with Gasteiger partial charge in [0.25, 0.3) is 0 Å². The molecule has 3 aromatic rings. The number of halogens is 1. The van der Waals surface area contributed by atoms with Crippen LogP contribution in [-0.4, -0.2) is 10.2 Å². The lowest BCUT2D eigenvalue weighted by molar-refractivity contribution is 0.485. The quantitative estimate of drug-likeness (QED) is 0.746. The smallest absolute Gasteiger partial charge is 0.247 e. The summed E-state index contributed by atoms with van der Waals surface area (Å²) in [5, 5.41) is 12.3. The van der Waals surface area contributed by atoms with Gasteiger partial charge in [-0.2, -0.15) is 0 Å². The second kappa shape index (κ2) is 6.20. The number of aryl methyl sites for hydroxylation is 1. The zero-order valence-corrected chi connectivity index (χ0v) is 13.1. The molecular formula is C17H16ClN3O. The van der Waals surface area contributed by atoms with Gasteiger partial charge in [-0.1, -0.05) is 29.3 Å². The Morgan fingerprint density at radius 2 is 1.86 bits per heavy atom. The van der Waals surface area contributed by atoms with Gasteiger partial charge in [-0.05, 0) is 50.2 Å². The molecule has 0 amide bonds. The topological polar surface area (TPSA) is 51.0 Å².